The maximum Gasteiger partial charge on any atom is 0.417 e. The SMILES string of the molecule is CO[C@@H](C(=O)N1C(=O)O[C@@H](c2ccccc2)[C@H]1C)[C@H]1O[C@@](O)(CCCOC[C@@H](CO)OCc2ccccc2)C(Br)=CC1=O. The predicted molar refractivity (Wildman–Crippen MR) is 157 cm³/mol. The molecule has 2 aliphatic heterocycles. The number of carbonyl (C=O) groups excluding carboxylic acids is 3. The van der Waals surface area contributed by atoms with Crippen LogP contribution in [0, 0.1) is 0 Å². The lowest BCUT2D eigenvalue weighted by atomic mass is 9.98. The zero-order valence-electron chi connectivity index (χ0n) is 24.0. The third kappa shape index (κ3) is 7.95. The number of hydrogen-bond acceptors (Lipinski definition) is 10. The summed E-state index contributed by atoms with van der Waals surface area (Å²) in [5, 5.41) is 20.9. The Bertz CT molecular complexity index is 1280. The molecule has 2 aromatic rings. The van der Waals surface area contributed by atoms with E-state index >= 15 is 0 Å². The molecule has 0 aliphatic carbocycles. The molecular weight excluding hydrogens is 626 g/mol. The second-order valence-corrected chi connectivity index (χ2v) is 11.2. The molecular formula is C31H36BrNO10. The zero-order valence-corrected chi connectivity index (χ0v) is 25.6. The van der Waals surface area contributed by atoms with Crippen LogP contribution in [0.3, 0.4) is 0 Å². The van der Waals surface area contributed by atoms with Crippen LogP contribution in [0.25, 0.3) is 0 Å². The van der Waals surface area contributed by atoms with E-state index in [2.05, 4.69) is 15.9 Å². The Labute approximate surface area is 258 Å². The van der Waals surface area contributed by atoms with Gasteiger partial charge in [0.15, 0.2) is 23.8 Å². The fourth-order valence-corrected chi connectivity index (χ4v) is 5.46. The number of halogens is 1. The Balaban J connectivity index is 1.33. The van der Waals surface area contributed by atoms with Gasteiger partial charge in [-0.25, -0.2) is 9.69 Å². The lowest BCUT2D eigenvalue weighted by Crippen LogP contribution is -2.56. The van der Waals surface area contributed by atoms with Crippen LogP contribution in [0.5, 0.6) is 0 Å². The van der Waals surface area contributed by atoms with Gasteiger partial charge < -0.3 is 33.9 Å². The highest BCUT2D eigenvalue weighted by Gasteiger charge is 2.51. The Morgan fingerprint density at radius 3 is 2.44 bits per heavy atom. The standard InChI is InChI=1S/C31H36BrNO10/c1-20-26(22-12-7-4-8-13-22)42-30(37)33(20)29(36)28(39-2)27-24(35)16-25(32)31(38,43-27)14-9-15-40-19-23(17-34)41-18-21-10-5-3-6-11-21/h3-8,10-13,16,20,23,26-28,34,38H,9,14-15,17-19H2,1-2H3/t20-,23-,26-,27+,28-,31+/m1/s1. The number of ether oxygens (including phenoxy) is 5. The molecule has 2 amide bonds. The maximum atomic E-state index is 13.5. The van der Waals surface area contributed by atoms with Crippen molar-refractivity contribution in [3.8, 4) is 0 Å². The molecule has 2 aliphatic rings. The molecule has 12 heteroatoms. The van der Waals surface area contributed by atoms with Crippen LogP contribution in [-0.2, 0) is 39.9 Å². The number of methoxy groups -OCH3 is 1. The first-order valence-corrected chi connectivity index (χ1v) is 14.7. The van der Waals surface area contributed by atoms with Crippen molar-refractivity contribution in [2.75, 3.05) is 26.9 Å². The molecule has 43 heavy (non-hydrogen) atoms. The van der Waals surface area contributed by atoms with E-state index in [1.54, 1.807) is 31.2 Å². The van der Waals surface area contributed by atoms with Gasteiger partial charge >= 0.3 is 6.09 Å². The van der Waals surface area contributed by atoms with Gasteiger partial charge in [0.05, 0.1) is 30.3 Å². The van der Waals surface area contributed by atoms with Crippen molar-refractivity contribution in [1.82, 2.24) is 4.90 Å². The third-order valence-corrected chi connectivity index (χ3v) is 8.14. The number of rotatable bonds is 14. The average molecular weight is 663 g/mol. The maximum absolute atomic E-state index is 13.5. The second-order valence-electron chi connectivity index (χ2n) is 10.3. The molecule has 0 unspecified atom stereocenters. The van der Waals surface area contributed by atoms with Crippen molar-refractivity contribution >= 4 is 33.7 Å². The molecule has 0 spiro atoms. The molecule has 2 aromatic carbocycles. The van der Waals surface area contributed by atoms with E-state index in [1.807, 2.05) is 36.4 Å². The summed E-state index contributed by atoms with van der Waals surface area (Å²) in [5.74, 6) is -3.39. The van der Waals surface area contributed by atoms with Crippen molar-refractivity contribution in [1.29, 1.82) is 0 Å². The Morgan fingerprint density at radius 1 is 1.12 bits per heavy atom. The zero-order chi connectivity index (χ0) is 31.0. The number of ketones is 1. The van der Waals surface area contributed by atoms with Gasteiger partial charge in [0.2, 0.25) is 0 Å². The van der Waals surface area contributed by atoms with E-state index in [4.69, 9.17) is 23.7 Å². The van der Waals surface area contributed by atoms with E-state index in [-0.39, 0.29) is 30.7 Å². The van der Waals surface area contributed by atoms with Crippen LogP contribution >= 0.6 is 15.9 Å². The second kappa shape index (κ2) is 15.2. The molecule has 0 radical (unpaired) electrons. The van der Waals surface area contributed by atoms with Crippen LogP contribution in [0.4, 0.5) is 4.79 Å². The highest BCUT2D eigenvalue weighted by Crippen LogP contribution is 2.37. The summed E-state index contributed by atoms with van der Waals surface area (Å²) in [7, 11) is 1.22. The van der Waals surface area contributed by atoms with Crippen molar-refractivity contribution in [2.24, 2.45) is 0 Å². The van der Waals surface area contributed by atoms with Crippen LogP contribution < -0.4 is 0 Å². The summed E-state index contributed by atoms with van der Waals surface area (Å²) in [6.45, 7) is 2.10. The smallest absolute Gasteiger partial charge is 0.417 e. The average Bonchev–Trinajstić information content (AvgIpc) is 3.31. The Kier molecular flexibility index (Phi) is 11.6. The first-order chi connectivity index (χ1) is 20.7. The molecule has 0 aromatic heterocycles. The Morgan fingerprint density at radius 2 is 1.79 bits per heavy atom. The van der Waals surface area contributed by atoms with E-state index in [0.717, 1.165) is 16.5 Å². The molecule has 2 heterocycles. The molecule has 4 rings (SSSR count). The molecule has 2 N–H and O–H groups in total. The minimum atomic E-state index is -1.96. The third-order valence-electron chi connectivity index (χ3n) is 7.29. The van der Waals surface area contributed by atoms with Crippen molar-refractivity contribution in [2.45, 2.75) is 62.6 Å². The van der Waals surface area contributed by atoms with Gasteiger partial charge in [0, 0.05) is 20.1 Å². The van der Waals surface area contributed by atoms with Gasteiger partial charge in [-0.2, -0.15) is 0 Å². The summed E-state index contributed by atoms with van der Waals surface area (Å²) in [6, 6.07) is 17.9. The van der Waals surface area contributed by atoms with Gasteiger partial charge in [-0.05, 0) is 46.5 Å². The number of benzene rings is 2. The minimum absolute atomic E-state index is 0.00535. The number of imide groups is 1. The van der Waals surface area contributed by atoms with Crippen molar-refractivity contribution in [3.05, 3.63) is 82.3 Å². The summed E-state index contributed by atoms with van der Waals surface area (Å²) in [5.41, 5.74) is 1.69. The van der Waals surface area contributed by atoms with Gasteiger partial charge in [0.25, 0.3) is 5.91 Å². The number of aliphatic hydroxyl groups is 2. The molecule has 6 atom stereocenters. The number of carbonyl (C=O) groups is 3. The molecule has 0 bridgehead atoms. The van der Waals surface area contributed by atoms with Crippen molar-refractivity contribution in [3.63, 3.8) is 0 Å². The normalized spacial score (nSPS) is 25.3. The monoisotopic (exact) mass is 661 g/mol. The van der Waals surface area contributed by atoms with Gasteiger partial charge in [-0.1, -0.05) is 60.7 Å². The highest BCUT2D eigenvalue weighted by molar-refractivity contribution is 9.11. The number of amides is 2. The van der Waals surface area contributed by atoms with E-state index in [9.17, 15) is 24.6 Å². The van der Waals surface area contributed by atoms with Gasteiger partial charge in [-0.15, -0.1) is 0 Å². The number of hydrogen-bond donors (Lipinski definition) is 2. The molecule has 0 saturated carbocycles. The fourth-order valence-electron chi connectivity index (χ4n) is 4.94. The summed E-state index contributed by atoms with van der Waals surface area (Å²) < 4.78 is 28.1. The first-order valence-electron chi connectivity index (χ1n) is 14.0. The molecule has 1 saturated heterocycles. The topological polar surface area (TPSA) is 141 Å². The van der Waals surface area contributed by atoms with Crippen LogP contribution in [-0.4, -0.2) is 90.0 Å². The number of cyclic esters (lactones) is 1. The molecule has 232 valence electrons. The van der Waals surface area contributed by atoms with Crippen LogP contribution in [0.1, 0.15) is 37.0 Å². The number of nitrogens with zero attached hydrogens (tertiary/aromatic N) is 1. The summed E-state index contributed by atoms with van der Waals surface area (Å²) in [6.07, 6.45) is -3.69. The molecule has 11 nitrogen and oxygen atoms in total. The lowest BCUT2D eigenvalue weighted by Gasteiger charge is -2.38. The molecule has 1 fully saturated rings. The van der Waals surface area contributed by atoms with Crippen molar-refractivity contribution < 1.29 is 48.3 Å². The summed E-state index contributed by atoms with van der Waals surface area (Å²) >= 11 is 3.21. The van der Waals surface area contributed by atoms with E-state index in [0.29, 0.717) is 18.6 Å². The first kappa shape index (κ1) is 32.9. The fraction of sp³-hybridized carbons (Fsp3) is 0.452. The highest BCUT2D eigenvalue weighted by atomic mass is 79.9. The Hall–Kier alpha value is -2.97. The van der Waals surface area contributed by atoms with Crippen LogP contribution in [0.2, 0.25) is 0 Å². The van der Waals surface area contributed by atoms with E-state index in [1.165, 1.54) is 7.11 Å². The van der Waals surface area contributed by atoms with E-state index < -0.39 is 54.0 Å². The van der Waals surface area contributed by atoms with Crippen LogP contribution in [0.15, 0.2) is 71.2 Å². The summed E-state index contributed by atoms with van der Waals surface area (Å²) in [4.78, 5) is 40.2. The largest absolute Gasteiger partial charge is 0.439 e. The quantitative estimate of drug-likeness (QED) is 0.289. The lowest BCUT2D eigenvalue weighted by molar-refractivity contribution is -0.227. The van der Waals surface area contributed by atoms with Gasteiger partial charge in [-0.3, -0.25) is 9.59 Å². The predicted octanol–water partition coefficient (Wildman–Crippen LogP) is 3.42. The minimum Gasteiger partial charge on any atom is -0.439 e. The van der Waals surface area contributed by atoms with Gasteiger partial charge in [0.1, 0.15) is 12.2 Å². The number of aliphatic hydroxyl groups excluding tert-OH is 1.